The lowest BCUT2D eigenvalue weighted by molar-refractivity contribution is 0.0771. The molecule has 2 heterocycles. The van der Waals surface area contributed by atoms with Crippen LogP contribution in [0.4, 0.5) is 0 Å². The number of nitrogens with one attached hydrogen (secondary N) is 1. The van der Waals surface area contributed by atoms with Gasteiger partial charge in [0.15, 0.2) is 0 Å². The summed E-state index contributed by atoms with van der Waals surface area (Å²) in [4.78, 5) is 15.1. The van der Waals surface area contributed by atoms with Crippen molar-refractivity contribution in [3.63, 3.8) is 0 Å². The number of halogens is 2. The highest BCUT2D eigenvalue weighted by Crippen LogP contribution is 2.37. The maximum atomic E-state index is 12.6. The van der Waals surface area contributed by atoms with Crippen molar-refractivity contribution in [1.82, 2.24) is 10.2 Å². The predicted molar refractivity (Wildman–Crippen MR) is 85.2 cm³/mol. The first-order valence-electron chi connectivity index (χ1n) is 6.54. The third-order valence-corrected chi connectivity index (χ3v) is 5.29. The summed E-state index contributed by atoms with van der Waals surface area (Å²) in [7, 11) is 0. The topological polar surface area (TPSA) is 32.3 Å². The number of thiophene rings is 1. The minimum Gasteiger partial charge on any atom is -0.337 e. The molecule has 3 nitrogen and oxygen atoms in total. The van der Waals surface area contributed by atoms with Gasteiger partial charge in [0.1, 0.15) is 4.88 Å². The summed E-state index contributed by atoms with van der Waals surface area (Å²) in [5.41, 5.74) is 0. The third-order valence-electron chi connectivity index (χ3n) is 3.41. The lowest BCUT2D eigenvalue weighted by atomic mass is 10.2. The van der Waals surface area contributed by atoms with Crippen LogP contribution in [0.15, 0.2) is 18.2 Å². The van der Waals surface area contributed by atoms with E-state index in [0.717, 1.165) is 42.7 Å². The van der Waals surface area contributed by atoms with Crippen LogP contribution in [0, 0.1) is 0 Å². The highest BCUT2D eigenvalue weighted by molar-refractivity contribution is 7.21. The molecule has 1 saturated heterocycles. The number of fused-ring (bicyclic) bond motifs is 1. The number of benzene rings is 1. The maximum Gasteiger partial charge on any atom is 0.265 e. The highest BCUT2D eigenvalue weighted by atomic mass is 35.5. The molecule has 0 bridgehead atoms. The van der Waals surface area contributed by atoms with Gasteiger partial charge in [-0.05, 0) is 25.1 Å². The molecule has 1 aromatic heterocycles. The summed E-state index contributed by atoms with van der Waals surface area (Å²) in [5.74, 6) is 0.0241. The van der Waals surface area contributed by atoms with Crippen LogP contribution in [0.25, 0.3) is 10.1 Å². The van der Waals surface area contributed by atoms with Crippen LogP contribution in [-0.2, 0) is 0 Å². The van der Waals surface area contributed by atoms with Gasteiger partial charge in [0.25, 0.3) is 5.91 Å². The Bertz CT molecular complexity index is 648. The van der Waals surface area contributed by atoms with Gasteiger partial charge in [0, 0.05) is 34.7 Å². The molecule has 1 aliphatic heterocycles. The second-order valence-electron chi connectivity index (χ2n) is 4.78. The number of carbonyl (C=O) groups is 1. The molecule has 1 amide bonds. The van der Waals surface area contributed by atoms with E-state index < -0.39 is 0 Å². The molecule has 0 atom stereocenters. The largest absolute Gasteiger partial charge is 0.337 e. The first-order valence-corrected chi connectivity index (χ1v) is 8.11. The fraction of sp³-hybridized carbons (Fsp3) is 0.357. The van der Waals surface area contributed by atoms with E-state index >= 15 is 0 Å². The second-order valence-corrected chi connectivity index (χ2v) is 6.65. The molecule has 0 spiro atoms. The van der Waals surface area contributed by atoms with Crippen molar-refractivity contribution < 1.29 is 4.79 Å². The van der Waals surface area contributed by atoms with Gasteiger partial charge in [0.2, 0.25) is 0 Å². The number of nitrogens with zero attached hydrogens (tertiary/aromatic N) is 1. The lowest BCUT2D eigenvalue weighted by Crippen LogP contribution is -2.33. The SMILES string of the molecule is O=C(c1sc2cc(Cl)ccc2c1Cl)N1CCCNCC1. The molecule has 1 aliphatic rings. The number of amides is 1. The molecule has 0 aliphatic carbocycles. The Hall–Kier alpha value is -0.810. The van der Waals surface area contributed by atoms with Crippen LogP contribution in [0.2, 0.25) is 10.0 Å². The van der Waals surface area contributed by atoms with Crippen molar-refractivity contribution >= 4 is 50.5 Å². The molecule has 2 aromatic rings. The number of hydrogen-bond acceptors (Lipinski definition) is 3. The van der Waals surface area contributed by atoms with Gasteiger partial charge in [-0.3, -0.25) is 4.79 Å². The van der Waals surface area contributed by atoms with E-state index in [9.17, 15) is 4.79 Å². The van der Waals surface area contributed by atoms with Crippen molar-refractivity contribution in [2.75, 3.05) is 26.2 Å². The van der Waals surface area contributed by atoms with Crippen LogP contribution in [-0.4, -0.2) is 37.0 Å². The Morgan fingerprint density at radius 3 is 2.95 bits per heavy atom. The zero-order valence-electron chi connectivity index (χ0n) is 10.8. The second kappa shape index (κ2) is 5.90. The summed E-state index contributed by atoms with van der Waals surface area (Å²) in [6.45, 7) is 3.29. The Labute approximate surface area is 131 Å². The maximum absolute atomic E-state index is 12.6. The average molecular weight is 329 g/mol. The van der Waals surface area contributed by atoms with E-state index in [4.69, 9.17) is 23.2 Å². The van der Waals surface area contributed by atoms with Gasteiger partial charge >= 0.3 is 0 Å². The van der Waals surface area contributed by atoms with E-state index in [2.05, 4.69) is 5.32 Å². The van der Waals surface area contributed by atoms with Crippen LogP contribution in [0.3, 0.4) is 0 Å². The van der Waals surface area contributed by atoms with Gasteiger partial charge in [-0.1, -0.05) is 29.3 Å². The summed E-state index contributed by atoms with van der Waals surface area (Å²) in [6.07, 6.45) is 0.972. The zero-order valence-corrected chi connectivity index (χ0v) is 13.1. The fourth-order valence-corrected chi connectivity index (χ4v) is 4.13. The fourth-order valence-electron chi connectivity index (χ4n) is 2.37. The zero-order chi connectivity index (χ0) is 14.1. The van der Waals surface area contributed by atoms with Gasteiger partial charge in [-0.25, -0.2) is 0 Å². The van der Waals surface area contributed by atoms with Gasteiger partial charge in [-0.15, -0.1) is 11.3 Å². The monoisotopic (exact) mass is 328 g/mol. The number of hydrogen-bond donors (Lipinski definition) is 1. The van der Waals surface area contributed by atoms with Crippen LogP contribution < -0.4 is 5.32 Å². The van der Waals surface area contributed by atoms with E-state index in [1.165, 1.54) is 11.3 Å². The molecule has 0 radical (unpaired) electrons. The lowest BCUT2D eigenvalue weighted by Gasteiger charge is -2.19. The summed E-state index contributed by atoms with van der Waals surface area (Å²) < 4.78 is 0.957. The smallest absolute Gasteiger partial charge is 0.265 e. The van der Waals surface area contributed by atoms with E-state index in [1.54, 1.807) is 6.07 Å². The number of rotatable bonds is 1. The Balaban J connectivity index is 1.96. The van der Waals surface area contributed by atoms with Crippen molar-refractivity contribution in [3.8, 4) is 0 Å². The minimum absolute atomic E-state index is 0.0241. The number of carbonyl (C=O) groups excluding carboxylic acids is 1. The molecule has 1 fully saturated rings. The van der Waals surface area contributed by atoms with Crippen molar-refractivity contribution in [3.05, 3.63) is 33.1 Å². The molecule has 0 saturated carbocycles. The van der Waals surface area contributed by atoms with Crippen molar-refractivity contribution in [2.45, 2.75) is 6.42 Å². The van der Waals surface area contributed by atoms with E-state index in [0.29, 0.717) is 14.9 Å². The highest BCUT2D eigenvalue weighted by Gasteiger charge is 2.23. The Morgan fingerprint density at radius 2 is 2.10 bits per heavy atom. The third kappa shape index (κ3) is 2.66. The molecule has 0 unspecified atom stereocenters. The molecule has 106 valence electrons. The predicted octanol–water partition coefficient (Wildman–Crippen LogP) is 3.64. The van der Waals surface area contributed by atoms with Crippen molar-refractivity contribution in [1.29, 1.82) is 0 Å². The van der Waals surface area contributed by atoms with Crippen LogP contribution >= 0.6 is 34.5 Å². The van der Waals surface area contributed by atoms with Gasteiger partial charge in [0.05, 0.1) is 5.02 Å². The molecular weight excluding hydrogens is 315 g/mol. The molecule has 1 N–H and O–H groups in total. The van der Waals surface area contributed by atoms with Crippen molar-refractivity contribution in [2.24, 2.45) is 0 Å². The van der Waals surface area contributed by atoms with E-state index in [1.807, 2.05) is 17.0 Å². The van der Waals surface area contributed by atoms with Gasteiger partial charge in [-0.2, -0.15) is 0 Å². The standard InChI is InChI=1S/C14H14Cl2N2OS/c15-9-2-3-10-11(8-9)20-13(12(10)16)14(19)18-6-1-4-17-5-7-18/h2-3,8,17H,1,4-7H2. The summed E-state index contributed by atoms with van der Waals surface area (Å²) >= 11 is 13.8. The molecular formula is C14H14Cl2N2OS. The average Bonchev–Trinajstić information content (AvgIpc) is 2.65. The normalized spacial score (nSPS) is 16.4. The first-order chi connectivity index (χ1) is 9.66. The molecule has 1 aromatic carbocycles. The van der Waals surface area contributed by atoms with Gasteiger partial charge < -0.3 is 10.2 Å². The Kier molecular flexibility index (Phi) is 4.17. The summed E-state index contributed by atoms with van der Waals surface area (Å²) in [5, 5.41) is 5.40. The molecule has 20 heavy (non-hydrogen) atoms. The van der Waals surface area contributed by atoms with E-state index in [-0.39, 0.29) is 5.91 Å². The first kappa shape index (κ1) is 14.1. The minimum atomic E-state index is 0.0241. The summed E-state index contributed by atoms with van der Waals surface area (Å²) in [6, 6.07) is 5.53. The van der Waals surface area contributed by atoms with Crippen LogP contribution in [0.5, 0.6) is 0 Å². The quantitative estimate of drug-likeness (QED) is 0.866. The Morgan fingerprint density at radius 1 is 1.25 bits per heavy atom. The van der Waals surface area contributed by atoms with Crippen LogP contribution in [0.1, 0.15) is 16.1 Å². The molecule has 6 heteroatoms. The molecule has 3 rings (SSSR count).